The van der Waals surface area contributed by atoms with Crippen molar-refractivity contribution >= 4 is 6.03 Å². The quantitative estimate of drug-likeness (QED) is 0.878. The van der Waals surface area contributed by atoms with Gasteiger partial charge in [0.15, 0.2) is 0 Å². The number of hydrogen-bond donors (Lipinski definition) is 2. The Bertz CT molecular complexity index is 514. The molecule has 1 aliphatic rings. The smallest absolute Gasteiger partial charge is 0.315 e. The van der Waals surface area contributed by atoms with E-state index in [4.69, 9.17) is 4.74 Å². The van der Waals surface area contributed by atoms with E-state index in [0.717, 1.165) is 19.3 Å². The normalized spacial score (nSPS) is 25.8. The Hall–Kier alpha value is -1.55. The van der Waals surface area contributed by atoms with E-state index < -0.39 is 0 Å². The molecule has 1 aliphatic heterocycles. The first-order valence-corrected chi connectivity index (χ1v) is 9.00. The largest absolute Gasteiger partial charge is 0.375 e. The standard InChI is InChI=1S/C20H32N2O2/c1-14-11-17(12-15(2)24-14)21-19(23)22-18(20(3,4)5)13-16-9-7-6-8-10-16/h6-10,14-15,17-18H,11-13H2,1-5H3,(H2,21,22,23). The fourth-order valence-electron chi connectivity index (χ4n) is 3.33. The van der Waals surface area contributed by atoms with Gasteiger partial charge in [0.1, 0.15) is 0 Å². The molecule has 4 nitrogen and oxygen atoms in total. The van der Waals surface area contributed by atoms with Crippen LogP contribution in [0.25, 0.3) is 0 Å². The van der Waals surface area contributed by atoms with E-state index in [1.54, 1.807) is 0 Å². The second-order valence-corrected chi connectivity index (χ2v) is 8.15. The molecule has 3 atom stereocenters. The van der Waals surface area contributed by atoms with Crippen molar-refractivity contribution in [2.45, 2.75) is 78.2 Å². The van der Waals surface area contributed by atoms with Gasteiger partial charge in [-0.15, -0.1) is 0 Å². The molecule has 3 unspecified atom stereocenters. The Morgan fingerprint density at radius 2 is 1.75 bits per heavy atom. The third kappa shape index (κ3) is 5.82. The van der Waals surface area contributed by atoms with E-state index in [9.17, 15) is 4.79 Å². The maximum absolute atomic E-state index is 12.5. The minimum atomic E-state index is -0.0721. The second kappa shape index (κ2) is 8.02. The van der Waals surface area contributed by atoms with E-state index in [-0.39, 0.29) is 35.7 Å². The molecular formula is C20H32N2O2. The molecule has 24 heavy (non-hydrogen) atoms. The van der Waals surface area contributed by atoms with Gasteiger partial charge in [-0.2, -0.15) is 0 Å². The summed E-state index contributed by atoms with van der Waals surface area (Å²) in [5.41, 5.74) is 1.23. The maximum atomic E-state index is 12.5. The molecule has 2 amide bonds. The Kier molecular flexibility index (Phi) is 6.27. The van der Waals surface area contributed by atoms with Crippen molar-refractivity contribution in [2.24, 2.45) is 5.41 Å². The Labute approximate surface area is 146 Å². The van der Waals surface area contributed by atoms with Crippen molar-refractivity contribution in [3.63, 3.8) is 0 Å². The van der Waals surface area contributed by atoms with Crippen LogP contribution in [0.5, 0.6) is 0 Å². The van der Waals surface area contributed by atoms with Gasteiger partial charge in [0.25, 0.3) is 0 Å². The van der Waals surface area contributed by atoms with Crippen molar-refractivity contribution in [2.75, 3.05) is 0 Å². The van der Waals surface area contributed by atoms with Crippen LogP contribution in [0.15, 0.2) is 30.3 Å². The van der Waals surface area contributed by atoms with Crippen molar-refractivity contribution in [1.29, 1.82) is 0 Å². The van der Waals surface area contributed by atoms with Crippen LogP contribution in [0.2, 0.25) is 0 Å². The molecule has 1 aromatic carbocycles. The third-order valence-corrected chi connectivity index (χ3v) is 4.67. The van der Waals surface area contributed by atoms with E-state index in [2.05, 4.69) is 57.4 Å². The van der Waals surface area contributed by atoms with Gasteiger partial charge in [-0.3, -0.25) is 0 Å². The summed E-state index contributed by atoms with van der Waals surface area (Å²) in [6.45, 7) is 10.6. The van der Waals surface area contributed by atoms with Gasteiger partial charge in [0, 0.05) is 12.1 Å². The molecule has 4 heteroatoms. The molecular weight excluding hydrogens is 300 g/mol. The van der Waals surface area contributed by atoms with Crippen molar-refractivity contribution < 1.29 is 9.53 Å². The Morgan fingerprint density at radius 3 is 2.29 bits per heavy atom. The highest BCUT2D eigenvalue weighted by atomic mass is 16.5. The lowest BCUT2D eigenvalue weighted by Crippen LogP contribution is -2.53. The summed E-state index contributed by atoms with van der Waals surface area (Å²) in [6.07, 6.45) is 2.97. The zero-order chi connectivity index (χ0) is 17.7. The number of benzene rings is 1. The molecule has 0 spiro atoms. The van der Waals surface area contributed by atoms with E-state index >= 15 is 0 Å². The molecule has 1 heterocycles. The van der Waals surface area contributed by atoms with Crippen LogP contribution in [0.1, 0.15) is 53.0 Å². The number of hydrogen-bond acceptors (Lipinski definition) is 2. The molecule has 1 fully saturated rings. The number of ether oxygens (including phenoxy) is 1. The summed E-state index contributed by atoms with van der Waals surface area (Å²) < 4.78 is 5.74. The number of carbonyl (C=O) groups excluding carboxylic acids is 1. The van der Waals surface area contributed by atoms with Crippen LogP contribution in [0, 0.1) is 5.41 Å². The van der Waals surface area contributed by atoms with Crippen LogP contribution in [-0.2, 0) is 11.2 Å². The molecule has 0 bridgehead atoms. The molecule has 0 radical (unpaired) electrons. The van der Waals surface area contributed by atoms with Crippen molar-refractivity contribution in [1.82, 2.24) is 10.6 Å². The summed E-state index contributed by atoms with van der Waals surface area (Å²) in [5, 5.41) is 6.33. The highest BCUT2D eigenvalue weighted by Crippen LogP contribution is 2.23. The van der Waals surface area contributed by atoms with Gasteiger partial charge >= 0.3 is 6.03 Å². The summed E-state index contributed by atoms with van der Waals surface area (Å²) in [4.78, 5) is 12.5. The fourth-order valence-corrected chi connectivity index (χ4v) is 3.33. The van der Waals surface area contributed by atoms with Gasteiger partial charge in [-0.1, -0.05) is 51.1 Å². The average Bonchev–Trinajstić information content (AvgIpc) is 2.45. The zero-order valence-electron chi connectivity index (χ0n) is 15.6. The van der Waals surface area contributed by atoms with Gasteiger partial charge in [0.05, 0.1) is 12.2 Å². The lowest BCUT2D eigenvalue weighted by molar-refractivity contribution is -0.0402. The molecule has 134 valence electrons. The highest BCUT2D eigenvalue weighted by molar-refractivity contribution is 5.74. The SMILES string of the molecule is CC1CC(NC(=O)NC(Cc2ccccc2)C(C)(C)C)CC(C)O1. The number of nitrogens with one attached hydrogen (secondary N) is 2. The molecule has 1 saturated heterocycles. The van der Waals surface area contributed by atoms with Gasteiger partial charge in [-0.05, 0) is 44.1 Å². The Balaban J connectivity index is 1.95. The number of carbonyl (C=O) groups is 1. The van der Waals surface area contributed by atoms with E-state index in [1.807, 2.05) is 18.2 Å². The van der Waals surface area contributed by atoms with E-state index in [1.165, 1.54) is 5.56 Å². The molecule has 1 aromatic rings. The number of urea groups is 1. The summed E-state index contributed by atoms with van der Waals surface area (Å²) in [7, 11) is 0. The lowest BCUT2D eigenvalue weighted by atomic mass is 9.83. The molecule has 0 saturated carbocycles. The highest BCUT2D eigenvalue weighted by Gasteiger charge is 2.29. The molecule has 0 aliphatic carbocycles. The van der Waals surface area contributed by atoms with Crippen LogP contribution in [0.4, 0.5) is 4.79 Å². The van der Waals surface area contributed by atoms with Crippen molar-refractivity contribution in [3.05, 3.63) is 35.9 Å². The maximum Gasteiger partial charge on any atom is 0.315 e. The first-order valence-electron chi connectivity index (χ1n) is 9.00. The molecule has 2 rings (SSSR count). The predicted octanol–water partition coefficient (Wildman–Crippen LogP) is 3.90. The topological polar surface area (TPSA) is 50.4 Å². The third-order valence-electron chi connectivity index (χ3n) is 4.67. The fraction of sp³-hybridized carbons (Fsp3) is 0.650. The average molecular weight is 332 g/mol. The minimum absolute atomic E-state index is 0.0105. The molecule has 0 aromatic heterocycles. The zero-order valence-corrected chi connectivity index (χ0v) is 15.6. The monoisotopic (exact) mass is 332 g/mol. The molecule has 2 N–H and O–H groups in total. The van der Waals surface area contributed by atoms with Gasteiger partial charge in [-0.25, -0.2) is 4.79 Å². The minimum Gasteiger partial charge on any atom is -0.375 e. The van der Waals surface area contributed by atoms with Crippen LogP contribution in [0.3, 0.4) is 0 Å². The van der Waals surface area contributed by atoms with Gasteiger partial charge in [0.2, 0.25) is 0 Å². The Morgan fingerprint density at radius 1 is 1.17 bits per heavy atom. The van der Waals surface area contributed by atoms with Gasteiger partial charge < -0.3 is 15.4 Å². The predicted molar refractivity (Wildman–Crippen MR) is 98.1 cm³/mol. The first-order chi connectivity index (χ1) is 11.2. The van der Waals surface area contributed by atoms with Crippen LogP contribution >= 0.6 is 0 Å². The second-order valence-electron chi connectivity index (χ2n) is 8.15. The van der Waals surface area contributed by atoms with Crippen LogP contribution < -0.4 is 10.6 Å². The number of rotatable bonds is 4. The summed E-state index contributed by atoms with van der Waals surface area (Å²) in [6, 6.07) is 10.5. The summed E-state index contributed by atoms with van der Waals surface area (Å²) in [5.74, 6) is 0. The lowest BCUT2D eigenvalue weighted by Gasteiger charge is -2.35. The number of amides is 2. The van der Waals surface area contributed by atoms with Crippen molar-refractivity contribution in [3.8, 4) is 0 Å². The van der Waals surface area contributed by atoms with Crippen LogP contribution in [-0.4, -0.2) is 30.3 Å². The van der Waals surface area contributed by atoms with E-state index in [0.29, 0.717) is 0 Å². The summed E-state index contributed by atoms with van der Waals surface area (Å²) >= 11 is 0. The first kappa shape index (κ1) is 18.8.